The van der Waals surface area contributed by atoms with Crippen LogP contribution >= 0.6 is 0 Å². The Morgan fingerprint density at radius 3 is 0.438 bits per heavy atom. The summed E-state index contributed by atoms with van der Waals surface area (Å²) in [6, 6.07) is 0. The Balaban J connectivity index is -0.0000000192. The molecule has 0 bridgehead atoms. The normalized spacial score (nSPS) is 3.75. The fourth-order valence-electron chi connectivity index (χ4n) is 0. The Kier molecular flexibility index (Phi) is 462. The molecule has 0 aliphatic carbocycles. The van der Waals surface area contributed by atoms with Crippen molar-refractivity contribution < 1.29 is 71.9 Å². The molecule has 0 heterocycles. The topological polar surface area (TPSA) is 186 Å². The fraction of sp³-hybridized carbons (Fsp3) is 0. The monoisotopic (exact) mass is 406 g/mol. The van der Waals surface area contributed by atoms with Crippen LogP contribution < -0.4 is 0 Å². The molecule has 0 aliphatic rings. The Bertz CT molecular complexity index is 91.5. The standard InChI is InChI=1S/5CHO2.Ta/c5*2-1-3;/h5*(H,2,3);/q5*-1;+5. The van der Waals surface area contributed by atoms with Crippen LogP contribution in [0.1, 0.15) is 0 Å². The zero-order chi connectivity index (χ0) is 13.5. The average molecular weight is 406 g/mol. The van der Waals surface area contributed by atoms with Crippen molar-refractivity contribution in [3.63, 3.8) is 0 Å². The molecule has 0 unspecified atom stereocenters. The van der Waals surface area contributed by atoms with Gasteiger partial charge in [0.25, 0.3) is 0 Å². The van der Waals surface area contributed by atoms with E-state index in [1.54, 1.807) is 0 Å². The summed E-state index contributed by atoms with van der Waals surface area (Å²) in [6.07, 6.45) is 0. The molecule has 0 atom stereocenters. The summed E-state index contributed by atoms with van der Waals surface area (Å²) in [7, 11) is 0. The van der Waals surface area contributed by atoms with E-state index in [2.05, 4.69) is 0 Å². The van der Waals surface area contributed by atoms with Crippen molar-refractivity contribution in [2.45, 2.75) is 0 Å². The maximum Gasteiger partial charge on any atom is 5.00 e. The van der Waals surface area contributed by atoms with Crippen molar-refractivity contribution in [3.05, 3.63) is 0 Å². The summed E-state index contributed by atoms with van der Waals surface area (Å²) >= 11 is 0. The predicted molar refractivity (Wildman–Crippen MR) is 41.6 cm³/mol. The minimum atomic E-state index is 0. The van der Waals surface area contributed by atoms with Gasteiger partial charge in [-0.15, -0.1) is 0 Å². The van der Waals surface area contributed by atoms with Crippen molar-refractivity contribution in [1.29, 1.82) is 0 Å². The Labute approximate surface area is 105 Å². The van der Waals surface area contributed by atoms with Crippen LogP contribution in [0.25, 0.3) is 0 Å². The smallest absolute Gasteiger partial charge is 0.665 e. The van der Waals surface area contributed by atoms with Crippen LogP contribution in [0, 0.1) is 0 Å². The molecule has 90 valence electrons. The molecule has 11 heteroatoms. The van der Waals surface area contributed by atoms with Gasteiger partial charge in [0.2, 0.25) is 0 Å². The van der Waals surface area contributed by atoms with E-state index in [-0.39, 0.29) is 22.4 Å². The minimum Gasteiger partial charge on any atom is -0.665 e. The van der Waals surface area contributed by atoms with Crippen LogP contribution in [-0.2, 0) is 46.4 Å². The Morgan fingerprint density at radius 2 is 0.438 bits per heavy atom. The van der Waals surface area contributed by atoms with E-state index >= 15 is 0 Å². The van der Waals surface area contributed by atoms with Gasteiger partial charge in [-0.25, -0.2) is 0 Å². The summed E-state index contributed by atoms with van der Waals surface area (Å²) < 4.78 is 0. The summed E-state index contributed by atoms with van der Waals surface area (Å²) in [5.41, 5.74) is 0. The molecule has 0 aromatic heterocycles. The van der Waals surface area contributed by atoms with Crippen LogP contribution in [-0.4, -0.2) is 57.9 Å². The van der Waals surface area contributed by atoms with Gasteiger partial charge in [0, 0.05) is 0 Å². The molecule has 10 nitrogen and oxygen atoms in total. The van der Waals surface area contributed by atoms with Gasteiger partial charge in [-0.05, 0) is 0 Å². The maximum absolute atomic E-state index is 8.24. The first-order valence-corrected chi connectivity index (χ1v) is 2.14. The fourth-order valence-corrected chi connectivity index (χ4v) is 0. The van der Waals surface area contributed by atoms with Gasteiger partial charge >= 0.3 is 22.4 Å². The molecule has 0 aromatic rings. The van der Waals surface area contributed by atoms with Crippen LogP contribution in [0.2, 0.25) is 0 Å². The second-order valence-electron chi connectivity index (χ2n) is 0.456. The third kappa shape index (κ3) is 408. The third-order valence-electron chi connectivity index (χ3n) is 0. The number of hydrogen-bond donors (Lipinski definition) is 5. The van der Waals surface area contributed by atoms with Crippen molar-refractivity contribution in [3.8, 4) is 0 Å². The quantitative estimate of drug-likeness (QED) is 0.283. The van der Waals surface area contributed by atoms with E-state index in [1.165, 1.54) is 0 Å². The zero-order valence-electron chi connectivity index (χ0n) is 7.22. The molecule has 0 aliphatic heterocycles. The van der Waals surface area contributed by atoms with Crippen LogP contribution in [0.15, 0.2) is 0 Å². The second-order valence-corrected chi connectivity index (χ2v) is 0.456. The largest absolute Gasteiger partial charge is 5.00 e. The molecule has 0 fully saturated rings. The molecule has 0 spiro atoms. The van der Waals surface area contributed by atoms with E-state index in [0.717, 1.165) is 0 Å². The summed E-state index contributed by atoms with van der Waals surface area (Å²) in [5, 5.41) is 33.8. The van der Waals surface area contributed by atoms with Gasteiger partial charge < -0.3 is 49.5 Å². The van der Waals surface area contributed by atoms with E-state index in [9.17, 15) is 0 Å². The number of rotatable bonds is 0. The van der Waals surface area contributed by atoms with Crippen LogP contribution in [0.5, 0.6) is 0 Å². The molecule has 5 N–H and O–H groups in total. The molecule has 0 aromatic carbocycles. The Hall–Kier alpha value is -1.91. The van der Waals surface area contributed by atoms with E-state index in [4.69, 9.17) is 49.5 Å². The molecule has 0 amide bonds. The molecule has 0 saturated carbocycles. The van der Waals surface area contributed by atoms with Crippen LogP contribution in [0.3, 0.4) is 0 Å². The second kappa shape index (κ2) is 200. The van der Waals surface area contributed by atoms with Crippen molar-refractivity contribution in [1.82, 2.24) is 0 Å². The SMILES string of the molecule is O=[C-]O.O=[C-]O.O=[C-]O.O=[C-]O.O=[C-]O.[Ta+5]. The Morgan fingerprint density at radius 1 is 0.438 bits per heavy atom. The van der Waals surface area contributed by atoms with Crippen molar-refractivity contribution >= 4 is 32.4 Å². The maximum atomic E-state index is 8.24. The van der Waals surface area contributed by atoms with Crippen molar-refractivity contribution in [2.24, 2.45) is 0 Å². The van der Waals surface area contributed by atoms with Gasteiger partial charge in [-0.2, -0.15) is 0 Å². The first kappa shape index (κ1) is 36.9. The minimum absolute atomic E-state index is 0. The van der Waals surface area contributed by atoms with E-state index in [0.29, 0.717) is 32.4 Å². The van der Waals surface area contributed by atoms with Gasteiger partial charge in [-0.1, -0.05) is 32.4 Å². The summed E-state index contributed by atoms with van der Waals surface area (Å²) in [5.74, 6) is 0. The molecule has 0 radical (unpaired) electrons. The molecule has 0 rings (SSSR count). The first-order chi connectivity index (χ1) is 7.07. The third-order valence-corrected chi connectivity index (χ3v) is 0. The van der Waals surface area contributed by atoms with E-state index < -0.39 is 0 Å². The summed E-state index contributed by atoms with van der Waals surface area (Å²) in [6.45, 7) is 2.50. The average Bonchev–Trinajstić information content (AvgIpc) is 2.09. The molecule has 0 saturated heterocycles. The number of aliphatic hydroxyl groups excluding tert-OH is 5. The zero-order valence-corrected chi connectivity index (χ0v) is 10.4. The first-order valence-electron chi connectivity index (χ1n) is 2.14. The summed E-state index contributed by atoms with van der Waals surface area (Å²) in [4.78, 5) is 41.2. The molecular weight excluding hydrogens is 401 g/mol. The molecule has 16 heavy (non-hydrogen) atoms. The number of hydrogen-bond acceptors (Lipinski definition) is 5. The molecular formula is C5H5O10Ta. The van der Waals surface area contributed by atoms with Gasteiger partial charge in [0.1, 0.15) is 0 Å². The van der Waals surface area contributed by atoms with Gasteiger partial charge in [0.05, 0.1) is 0 Å². The van der Waals surface area contributed by atoms with Crippen molar-refractivity contribution in [2.75, 3.05) is 0 Å². The van der Waals surface area contributed by atoms with Gasteiger partial charge in [-0.3, -0.25) is 0 Å². The van der Waals surface area contributed by atoms with Gasteiger partial charge in [0.15, 0.2) is 0 Å². The van der Waals surface area contributed by atoms with E-state index in [1.807, 2.05) is 0 Å². The van der Waals surface area contributed by atoms with Crippen LogP contribution in [0.4, 0.5) is 0 Å². The predicted octanol–water partition coefficient (Wildman–Crippen LogP) is -1.94.